The van der Waals surface area contributed by atoms with Gasteiger partial charge in [-0.15, -0.1) is 0 Å². The van der Waals surface area contributed by atoms with Gasteiger partial charge in [-0.2, -0.15) is 0 Å². The number of rotatable bonds is 5. The van der Waals surface area contributed by atoms with E-state index in [0.29, 0.717) is 0 Å². The molecule has 3 heteroatoms. The molecule has 0 N–H and O–H groups in total. The van der Waals surface area contributed by atoms with Crippen LogP contribution in [0.1, 0.15) is 20.8 Å². The minimum atomic E-state index is -1.72. The molecular formula is C7H19O2P. The van der Waals surface area contributed by atoms with Crippen molar-refractivity contribution in [3.05, 3.63) is 0 Å². The predicted octanol–water partition coefficient (Wildman–Crippen LogP) is 2.29. The fraction of sp³-hybridized carbons (Fsp3) is 1.00. The molecule has 2 nitrogen and oxygen atoms in total. The fourth-order valence-electron chi connectivity index (χ4n) is 1.06. The van der Waals surface area contributed by atoms with Crippen molar-refractivity contribution in [3.8, 4) is 0 Å². The van der Waals surface area contributed by atoms with Crippen LogP contribution >= 0.6 is 7.72 Å². The number of hydrogen-bond donors (Lipinski definition) is 0. The Hall–Kier alpha value is 0.350. The molecule has 0 saturated heterocycles. The molecule has 0 amide bonds. The molecule has 64 valence electrons. The van der Waals surface area contributed by atoms with Crippen LogP contribution in [-0.2, 0) is 9.05 Å². The summed E-state index contributed by atoms with van der Waals surface area (Å²) in [6, 6.07) is 0. The van der Waals surface area contributed by atoms with Crippen LogP contribution in [0, 0.1) is 0 Å². The molecule has 0 fully saturated rings. The summed E-state index contributed by atoms with van der Waals surface area (Å²) in [5.74, 6) is 0. The molecule has 0 aliphatic rings. The number of hydrogen-bond acceptors (Lipinski definition) is 2. The van der Waals surface area contributed by atoms with Gasteiger partial charge < -0.3 is 0 Å². The molecular weight excluding hydrogens is 147 g/mol. The third-order valence-corrected chi connectivity index (χ3v) is 5.57. The summed E-state index contributed by atoms with van der Waals surface area (Å²) in [5.41, 5.74) is 0. The Balaban J connectivity index is 3.87. The van der Waals surface area contributed by atoms with Gasteiger partial charge in [-0.1, -0.05) is 0 Å². The minimum absolute atomic E-state index is 0.780. The second-order valence-corrected chi connectivity index (χ2v) is 6.19. The molecule has 0 heterocycles. The summed E-state index contributed by atoms with van der Waals surface area (Å²) in [6.45, 7) is 7.07. The van der Waals surface area contributed by atoms with Crippen molar-refractivity contribution in [2.45, 2.75) is 20.8 Å². The quantitative estimate of drug-likeness (QED) is 0.583. The van der Waals surface area contributed by atoms with Crippen LogP contribution in [0.15, 0.2) is 0 Å². The molecule has 0 aromatic rings. The van der Waals surface area contributed by atoms with E-state index in [0.717, 1.165) is 18.9 Å². The van der Waals surface area contributed by atoms with Crippen LogP contribution in [0.25, 0.3) is 0 Å². The molecule has 0 radical (unpaired) electrons. The summed E-state index contributed by atoms with van der Waals surface area (Å²) < 4.78 is 11.0. The molecule has 0 unspecified atom stereocenters. The normalized spacial score (nSPS) is 13.6. The van der Waals surface area contributed by atoms with Crippen molar-refractivity contribution in [2.75, 3.05) is 26.0 Å². The molecule has 0 aliphatic carbocycles. The van der Waals surface area contributed by atoms with Crippen LogP contribution in [0.4, 0.5) is 0 Å². The Morgan fingerprint density at radius 3 is 1.70 bits per heavy atom. The summed E-state index contributed by atoms with van der Waals surface area (Å²) >= 11 is 0. The predicted molar refractivity (Wildman–Crippen MR) is 48.0 cm³/mol. The van der Waals surface area contributed by atoms with E-state index in [1.54, 1.807) is 7.11 Å². The van der Waals surface area contributed by atoms with Gasteiger partial charge in [0.25, 0.3) is 0 Å². The maximum atomic E-state index is 5.59. The Morgan fingerprint density at radius 2 is 1.60 bits per heavy atom. The molecule has 0 rings (SSSR count). The summed E-state index contributed by atoms with van der Waals surface area (Å²) in [4.78, 5) is 0. The van der Waals surface area contributed by atoms with E-state index in [1.807, 2.05) is 6.92 Å². The van der Waals surface area contributed by atoms with E-state index in [9.17, 15) is 0 Å². The molecule has 0 saturated carbocycles. The Bertz CT molecular complexity index is 73.4. The van der Waals surface area contributed by atoms with Crippen LogP contribution in [0.3, 0.4) is 0 Å². The fourth-order valence-corrected chi connectivity index (χ4v) is 3.19. The average molecular weight is 166 g/mol. The van der Waals surface area contributed by atoms with Crippen molar-refractivity contribution in [1.29, 1.82) is 0 Å². The first-order valence-electron chi connectivity index (χ1n) is 3.93. The molecule has 0 atom stereocenters. The Labute approximate surface area is 64.4 Å². The summed E-state index contributed by atoms with van der Waals surface area (Å²) in [5, 5.41) is 0. The second kappa shape index (κ2) is 5.06. The molecule has 0 aromatic heterocycles. The van der Waals surface area contributed by atoms with E-state index in [-0.39, 0.29) is 0 Å². The Kier molecular flexibility index (Phi) is 5.24. The van der Waals surface area contributed by atoms with Gasteiger partial charge in [-0.05, 0) is 0 Å². The van der Waals surface area contributed by atoms with Crippen molar-refractivity contribution in [3.63, 3.8) is 0 Å². The first-order chi connectivity index (χ1) is 4.74. The van der Waals surface area contributed by atoms with E-state index < -0.39 is 7.72 Å². The topological polar surface area (TPSA) is 18.5 Å². The molecule has 10 heavy (non-hydrogen) atoms. The third kappa shape index (κ3) is 2.53. The SMILES string of the molecule is CCO[PH](CC)(CC)OC. The standard InChI is InChI=1S/C7H19O2P/c1-5-9-10(6-2,7-3)8-4/h10H,5-7H2,1-4H3. The molecule has 0 aliphatic heterocycles. The van der Waals surface area contributed by atoms with Gasteiger partial charge in [0.15, 0.2) is 0 Å². The van der Waals surface area contributed by atoms with Crippen LogP contribution in [0.5, 0.6) is 0 Å². The summed E-state index contributed by atoms with van der Waals surface area (Å²) in [7, 11) is 0.0414. The van der Waals surface area contributed by atoms with E-state index in [2.05, 4.69) is 13.8 Å². The molecule has 0 aromatic carbocycles. The van der Waals surface area contributed by atoms with E-state index in [4.69, 9.17) is 9.05 Å². The molecule has 0 bridgehead atoms. The van der Waals surface area contributed by atoms with Gasteiger partial charge >= 0.3 is 63.6 Å². The van der Waals surface area contributed by atoms with Crippen molar-refractivity contribution >= 4 is 7.72 Å². The zero-order chi connectivity index (χ0) is 8.04. The van der Waals surface area contributed by atoms with Crippen molar-refractivity contribution in [2.24, 2.45) is 0 Å². The van der Waals surface area contributed by atoms with Gasteiger partial charge in [-0.25, -0.2) is 0 Å². The first kappa shape index (κ1) is 10.3. The zero-order valence-electron chi connectivity index (χ0n) is 7.44. The average Bonchev–Trinajstić information content (AvgIpc) is 2.01. The third-order valence-electron chi connectivity index (χ3n) is 1.86. The maximum absolute atomic E-state index is 5.59. The first-order valence-corrected chi connectivity index (χ1v) is 6.16. The van der Waals surface area contributed by atoms with Crippen LogP contribution in [0.2, 0.25) is 0 Å². The van der Waals surface area contributed by atoms with Gasteiger partial charge in [0.05, 0.1) is 0 Å². The van der Waals surface area contributed by atoms with E-state index >= 15 is 0 Å². The van der Waals surface area contributed by atoms with Crippen LogP contribution < -0.4 is 0 Å². The van der Waals surface area contributed by atoms with Crippen molar-refractivity contribution in [1.82, 2.24) is 0 Å². The van der Waals surface area contributed by atoms with E-state index in [1.165, 1.54) is 0 Å². The molecule has 0 spiro atoms. The van der Waals surface area contributed by atoms with Gasteiger partial charge in [0.1, 0.15) is 0 Å². The second-order valence-electron chi connectivity index (χ2n) is 2.25. The van der Waals surface area contributed by atoms with Gasteiger partial charge in [-0.3, -0.25) is 0 Å². The van der Waals surface area contributed by atoms with Gasteiger partial charge in [0.2, 0.25) is 0 Å². The van der Waals surface area contributed by atoms with Crippen molar-refractivity contribution < 1.29 is 9.05 Å². The monoisotopic (exact) mass is 166 g/mol. The van der Waals surface area contributed by atoms with Crippen LogP contribution in [-0.4, -0.2) is 26.0 Å². The Morgan fingerprint density at radius 1 is 1.10 bits per heavy atom. The van der Waals surface area contributed by atoms with Gasteiger partial charge in [0, 0.05) is 0 Å². The zero-order valence-corrected chi connectivity index (χ0v) is 8.44. The summed E-state index contributed by atoms with van der Waals surface area (Å²) in [6.07, 6.45) is 2.10.